The lowest BCUT2D eigenvalue weighted by molar-refractivity contribution is -0.384. The van der Waals surface area contributed by atoms with Crippen molar-refractivity contribution in [2.75, 3.05) is 5.32 Å². The second kappa shape index (κ2) is 8.12. The molecule has 1 amide bonds. The number of carbonyl (C=O) groups is 1. The van der Waals surface area contributed by atoms with E-state index in [0.717, 1.165) is 17.2 Å². The number of anilines is 1. The Labute approximate surface area is 165 Å². The van der Waals surface area contributed by atoms with Crippen LogP contribution in [0.25, 0.3) is 0 Å². The molecule has 0 aliphatic carbocycles. The Hall–Kier alpha value is -2.02. The topological polar surface area (TPSA) is 84.3 Å². The van der Waals surface area contributed by atoms with Gasteiger partial charge in [-0.25, -0.2) is 0 Å². The molecule has 26 heavy (non-hydrogen) atoms. The van der Waals surface area contributed by atoms with E-state index in [1.54, 1.807) is 0 Å². The molecular formula is C17H16Cl3N3O3. The largest absolute Gasteiger partial charge is 0.362 e. The summed E-state index contributed by atoms with van der Waals surface area (Å²) in [6.07, 6.45) is -1.05. The molecule has 1 atom stereocenters. The lowest BCUT2D eigenvalue weighted by atomic mass is 10.1. The zero-order chi connectivity index (χ0) is 19.5. The molecule has 2 aromatic rings. The summed E-state index contributed by atoms with van der Waals surface area (Å²) in [5.74, 6) is -0.609. The van der Waals surface area contributed by atoms with Crippen molar-refractivity contribution in [1.29, 1.82) is 0 Å². The Morgan fingerprint density at radius 2 is 1.85 bits per heavy atom. The lowest BCUT2D eigenvalue weighted by Gasteiger charge is -2.28. The molecule has 2 rings (SSSR count). The summed E-state index contributed by atoms with van der Waals surface area (Å²) >= 11 is 18.0. The van der Waals surface area contributed by atoms with E-state index in [1.165, 1.54) is 18.2 Å². The van der Waals surface area contributed by atoms with Crippen LogP contribution in [0.1, 0.15) is 21.5 Å². The molecule has 0 aromatic heterocycles. The van der Waals surface area contributed by atoms with Crippen molar-refractivity contribution in [3.63, 3.8) is 0 Å². The summed E-state index contributed by atoms with van der Waals surface area (Å²) in [7, 11) is 0. The van der Waals surface area contributed by atoms with Crippen molar-refractivity contribution in [2.45, 2.75) is 23.8 Å². The number of nitro groups is 1. The first-order valence-corrected chi connectivity index (χ1v) is 8.67. The van der Waals surface area contributed by atoms with Crippen LogP contribution in [0.3, 0.4) is 0 Å². The van der Waals surface area contributed by atoms with Gasteiger partial charge in [0.25, 0.3) is 11.6 Å². The number of nitrogens with one attached hydrogen (secondary N) is 2. The summed E-state index contributed by atoms with van der Waals surface area (Å²) in [4.78, 5) is 22.7. The van der Waals surface area contributed by atoms with Gasteiger partial charge in [0.15, 0.2) is 0 Å². The van der Waals surface area contributed by atoms with E-state index < -0.39 is 20.8 Å². The fourth-order valence-corrected chi connectivity index (χ4v) is 2.63. The average Bonchev–Trinajstić information content (AvgIpc) is 2.55. The van der Waals surface area contributed by atoms with Gasteiger partial charge in [-0.3, -0.25) is 14.9 Å². The van der Waals surface area contributed by atoms with Crippen molar-refractivity contribution >= 4 is 52.1 Å². The number of rotatable bonds is 5. The Morgan fingerprint density at radius 3 is 2.42 bits per heavy atom. The summed E-state index contributed by atoms with van der Waals surface area (Å²) in [5, 5.41) is 16.4. The van der Waals surface area contributed by atoms with Gasteiger partial charge in [-0.2, -0.15) is 0 Å². The van der Waals surface area contributed by atoms with Crippen LogP contribution in [0.2, 0.25) is 0 Å². The molecule has 9 heteroatoms. The number of non-ortho nitro benzene ring substituents is 1. The highest BCUT2D eigenvalue weighted by molar-refractivity contribution is 6.68. The van der Waals surface area contributed by atoms with Crippen molar-refractivity contribution in [3.8, 4) is 0 Å². The predicted octanol–water partition coefficient (Wildman–Crippen LogP) is 4.75. The molecule has 2 aromatic carbocycles. The molecule has 0 heterocycles. The van der Waals surface area contributed by atoms with Gasteiger partial charge in [0.1, 0.15) is 6.17 Å². The third-order valence-electron chi connectivity index (χ3n) is 3.60. The van der Waals surface area contributed by atoms with Crippen LogP contribution in [0, 0.1) is 24.0 Å². The smallest absolute Gasteiger partial charge is 0.270 e. The zero-order valence-electron chi connectivity index (χ0n) is 13.9. The normalized spacial score (nSPS) is 12.3. The molecule has 138 valence electrons. The third kappa shape index (κ3) is 5.24. The maximum Gasteiger partial charge on any atom is 0.270 e. The number of nitro benzene ring substituents is 1. The van der Waals surface area contributed by atoms with Gasteiger partial charge < -0.3 is 10.6 Å². The van der Waals surface area contributed by atoms with Crippen LogP contribution in [0.5, 0.6) is 0 Å². The number of halogens is 3. The number of alkyl halides is 3. The average molecular weight is 417 g/mol. The maximum atomic E-state index is 12.5. The standard InChI is InChI=1S/C17H16Cl3N3O3/c1-10-6-7-14(11(2)8-10)21-16(17(18,19)20)22-15(24)12-4-3-5-13(9-12)23(25)26/h3-9,16,21H,1-2H3,(H,22,24). The predicted molar refractivity (Wildman–Crippen MR) is 104 cm³/mol. The minimum Gasteiger partial charge on any atom is -0.362 e. The van der Waals surface area contributed by atoms with E-state index in [1.807, 2.05) is 32.0 Å². The number of carbonyl (C=O) groups excluding carboxylic acids is 1. The summed E-state index contributed by atoms with van der Waals surface area (Å²) in [6, 6.07) is 10.9. The molecule has 0 saturated heterocycles. The van der Waals surface area contributed by atoms with Gasteiger partial charge in [0.2, 0.25) is 3.79 Å². The van der Waals surface area contributed by atoms with Crippen LogP contribution in [0.15, 0.2) is 42.5 Å². The Morgan fingerprint density at radius 1 is 1.15 bits per heavy atom. The highest BCUT2D eigenvalue weighted by atomic mass is 35.6. The van der Waals surface area contributed by atoms with Crippen molar-refractivity contribution in [1.82, 2.24) is 5.32 Å². The second-order valence-electron chi connectivity index (χ2n) is 5.72. The molecule has 1 unspecified atom stereocenters. The first-order valence-electron chi connectivity index (χ1n) is 7.54. The fraction of sp³-hybridized carbons (Fsp3) is 0.235. The van der Waals surface area contributed by atoms with Gasteiger partial charge in [-0.15, -0.1) is 0 Å². The van der Waals surface area contributed by atoms with Crippen LogP contribution < -0.4 is 10.6 Å². The third-order valence-corrected chi connectivity index (χ3v) is 4.26. The number of hydrogen-bond acceptors (Lipinski definition) is 4. The monoisotopic (exact) mass is 415 g/mol. The molecule has 0 fully saturated rings. The first kappa shape index (κ1) is 20.3. The Balaban J connectivity index is 2.24. The van der Waals surface area contributed by atoms with Gasteiger partial charge in [0, 0.05) is 23.4 Å². The minimum atomic E-state index is -1.85. The summed E-state index contributed by atoms with van der Waals surface area (Å²) < 4.78 is -1.85. The highest BCUT2D eigenvalue weighted by Gasteiger charge is 2.34. The SMILES string of the molecule is Cc1ccc(NC(NC(=O)c2cccc([N+](=O)[O-])c2)C(Cl)(Cl)Cl)c(C)c1. The number of aryl methyl sites for hydroxylation is 2. The molecule has 0 aliphatic heterocycles. The van der Waals surface area contributed by atoms with E-state index >= 15 is 0 Å². The highest BCUT2D eigenvalue weighted by Crippen LogP contribution is 2.32. The van der Waals surface area contributed by atoms with Gasteiger partial charge in [-0.05, 0) is 31.5 Å². The van der Waals surface area contributed by atoms with Crippen LogP contribution in [0.4, 0.5) is 11.4 Å². The first-order chi connectivity index (χ1) is 12.1. The fourth-order valence-electron chi connectivity index (χ4n) is 2.31. The number of benzene rings is 2. The van der Waals surface area contributed by atoms with Crippen LogP contribution in [-0.2, 0) is 0 Å². The van der Waals surface area contributed by atoms with Gasteiger partial charge in [0.05, 0.1) is 4.92 Å². The molecule has 0 bridgehead atoms. The zero-order valence-corrected chi connectivity index (χ0v) is 16.2. The van der Waals surface area contributed by atoms with E-state index in [-0.39, 0.29) is 11.3 Å². The van der Waals surface area contributed by atoms with Gasteiger partial charge >= 0.3 is 0 Å². The minimum absolute atomic E-state index is 0.0841. The second-order valence-corrected chi connectivity index (χ2v) is 8.09. The van der Waals surface area contributed by atoms with Crippen molar-refractivity contribution in [2.24, 2.45) is 0 Å². The van der Waals surface area contributed by atoms with Crippen LogP contribution >= 0.6 is 34.8 Å². The summed E-state index contributed by atoms with van der Waals surface area (Å²) in [6.45, 7) is 3.83. The molecule has 0 radical (unpaired) electrons. The molecule has 2 N–H and O–H groups in total. The van der Waals surface area contributed by atoms with E-state index in [9.17, 15) is 14.9 Å². The summed E-state index contributed by atoms with van der Waals surface area (Å²) in [5.41, 5.74) is 2.55. The van der Waals surface area contributed by atoms with Crippen LogP contribution in [-0.4, -0.2) is 20.8 Å². The molecule has 0 aliphatic rings. The van der Waals surface area contributed by atoms with E-state index in [0.29, 0.717) is 5.69 Å². The molecular weight excluding hydrogens is 401 g/mol. The van der Waals surface area contributed by atoms with Crippen molar-refractivity contribution in [3.05, 3.63) is 69.3 Å². The maximum absolute atomic E-state index is 12.5. The van der Waals surface area contributed by atoms with Gasteiger partial charge in [-0.1, -0.05) is 58.6 Å². The van der Waals surface area contributed by atoms with E-state index in [2.05, 4.69) is 10.6 Å². The molecule has 0 spiro atoms. The Kier molecular flexibility index (Phi) is 6.34. The number of hydrogen-bond donors (Lipinski definition) is 2. The number of nitrogens with zero attached hydrogens (tertiary/aromatic N) is 1. The number of amides is 1. The molecule has 6 nitrogen and oxygen atoms in total. The Bertz CT molecular complexity index is 837. The van der Waals surface area contributed by atoms with Crippen molar-refractivity contribution < 1.29 is 9.72 Å². The molecule has 0 saturated carbocycles. The lowest BCUT2D eigenvalue weighted by Crippen LogP contribution is -2.49. The quantitative estimate of drug-likeness (QED) is 0.319. The van der Waals surface area contributed by atoms with E-state index in [4.69, 9.17) is 34.8 Å².